The minimum absolute atomic E-state index is 0.203. The number of methoxy groups -OCH3 is 3. The van der Waals surface area contributed by atoms with Crippen LogP contribution in [-0.4, -0.2) is 44.7 Å². The molecule has 7 nitrogen and oxygen atoms in total. The van der Waals surface area contributed by atoms with Crippen LogP contribution < -0.4 is 14.2 Å². The number of unbranched alkanes of at least 4 members (excludes halogenated alkanes) is 3. The molecule has 0 bridgehead atoms. The van der Waals surface area contributed by atoms with Crippen LogP contribution in [0, 0.1) is 0 Å². The molecule has 0 atom stereocenters. The summed E-state index contributed by atoms with van der Waals surface area (Å²) < 4.78 is 21.6. The first kappa shape index (κ1) is 25.2. The lowest BCUT2D eigenvalue weighted by Crippen LogP contribution is -2.14. The van der Waals surface area contributed by atoms with Crippen LogP contribution in [0.15, 0.2) is 41.9 Å². The van der Waals surface area contributed by atoms with Gasteiger partial charge in [0.15, 0.2) is 17.3 Å². The van der Waals surface area contributed by atoms with Gasteiger partial charge in [-0.3, -0.25) is 4.79 Å². The number of carbonyl (C=O) groups excluding carboxylic acids is 2. The summed E-state index contributed by atoms with van der Waals surface area (Å²) in [5, 5.41) is 2.60. The molecule has 0 amide bonds. The van der Waals surface area contributed by atoms with Gasteiger partial charge in [0.1, 0.15) is 5.01 Å². The fourth-order valence-corrected chi connectivity index (χ4v) is 4.18. The zero-order chi connectivity index (χ0) is 24.5. The average Bonchev–Trinajstić information content (AvgIpc) is 3.41. The molecule has 8 heteroatoms. The molecule has 0 aliphatic carbocycles. The molecule has 3 rings (SSSR count). The summed E-state index contributed by atoms with van der Waals surface area (Å²) in [7, 11) is 4.46. The largest absolute Gasteiger partial charge is 0.493 e. The van der Waals surface area contributed by atoms with Crippen molar-refractivity contribution in [1.82, 2.24) is 4.98 Å². The molecule has 0 aliphatic heterocycles. The lowest BCUT2D eigenvalue weighted by atomic mass is 9.95. The van der Waals surface area contributed by atoms with Crippen LogP contribution in [0.4, 0.5) is 0 Å². The third-order valence-corrected chi connectivity index (χ3v) is 6.14. The number of hydrogen-bond donors (Lipinski definition) is 0. The van der Waals surface area contributed by atoms with Gasteiger partial charge in [-0.15, -0.1) is 11.3 Å². The smallest absolute Gasteiger partial charge is 0.338 e. The summed E-state index contributed by atoms with van der Waals surface area (Å²) in [6, 6.07) is 8.21. The lowest BCUT2D eigenvalue weighted by molar-refractivity contribution is 0.0495. The van der Waals surface area contributed by atoms with E-state index in [9.17, 15) is 9.59 Å². The van der Waals surface area contributed by atoms with E-state index < -0.39 is 5.97 Å². The first-order valence-corrected chi connectivity index (χ1v) is 12.0. The van der Waals surface area contributed by atoms with Gasteiger partial charge in [0.2, 0.25) is 5.75 Å². The summed E-state index contributed by atoms with van der Waals surface area (Å²) in [6.07, 6.45) is 5.65. The Morgan fingerprint density at radius 3 is 2.24 bits per heavy atom. The molecule has 0 aliphatic rings. The number of ketones is 1. The fraction of sp³-hybridized carbons (Fsp3) is 0.346. The Morgan fingerprint density at radius 2 is 1.65 bits per heavy atom. The summed E-state index contributed by atoms with van der Waals surface area (Å²) in [5.74, 6) is 0.182. The summed E-state index contributed by atoms with van der Waals surface area (Å²) in [5.41, 5.74) is 1.46. The van der Waals surface area contributed by atoms with E-state index >= 15 is 0 Å². The first-order chi connectivity index (χ1) is 16.5. The predicted molar refractivity (Wildman–Crippen MR) is 132 cm³/mol. The van der Waals surface area contributed by atoms with Crippen molar-refractivity contribution in [2.45, 2.75) is 32.6 Å². The summed E-state index contributed by atoms with van der Waals surface area (Å²) in [6.45, 7) is 2.43. The Labute approximate surface area is 203 Å². The number of esters is 1. The maximum atomic E-state index is 13.7. The zero-order valence-electron chi connectivity index (χ0n) is 19.9. The molecule has 1 aromatic heterocycles. The van der Waals surface area contributed by atoms with Gasteiger partial charge >= 0.3 is 5.97 Å². The Kier molecular flexibility index (Phi) is 9.04. The highest BCUT2D eigenvalue weighted by Gasteiger charge is 2.24. The molecule has 1 heterocycles. The van der Waals surface area contributed by atoms with Crippen LogP contribution in [0.25, 0.3) is 10.6 Å². The normalized spacial score (nSPS) is 10.6. The highest BCUT2D eigenvalue weighted by molar-refractivity contribution is 7.13. The molecule has 0 saturated heterocycles. The molecule has 0 spiro atoms. The highest BCUT2D eigenvalue weighted by atomic mass is 32.1. The van der Waals surface area contributed by atoms with Crippen LogP contribution in [0.3, 0.4) is 0 Å². The van der Waals surface area contributed by atoms with Crippen LogP contribution in [0.2, 0.25) is 0 Å². The predicted octanol–water partition coefficient (Wildman–Crippen LogP) is 5.80. The number of ether oxygens (including phenoxy) is 4. The van der Waals surface area contributed by atoms with E-state index in [1.165, 1.54) is 32.7 Å². The summed E-state index contributed by atoms with van der Waals surface area (Å²) >= 11 is 1.45. The Morgan fingerprint density at radius 1 is 0.912 bits per heavy atom. The van der Waals surface area contributed by atoms with E-state index in [-0.39, 0.29) is 16.9 Å². The van der Waals surface area contributed by atoms with Gasteiger partial charge in [0.25, 0.3) is 0 Å². The van der Waals surface area contributed by atoms with Gasteiger partial charge in [-0.05, 0) is 30.7 Å². The van der Waals surface area contributed by atoms with Crippen LogP contribution >= 0.6 is 11.3 Å². The van der Waals surface area contributed by atoms with Crippen molar-refractivity contribution in [1.29, 1.82) is 0 Å². The molecular formula is C26H29NO6S. The van der Waals surface area contributed by atoms with Crippen LogP contribution in [-0.2, 0) is 4.74 Å². The molecule has 34 heavy (non-hydrogen) atoms. The van der Waals surface area contributed by atoms with Crippen molar-refractivity contribution >= 4 is 23.1 Å². The van der Waals surface area contributed by atoms with Gasteiger partial charge in [-0.2, -0.15) is 0 Å². The second kappa shape index (κ2) is 12.2. The Bertz CT molecular complexity index is 1100. The number of nitrogens with zero attached hydrogens (tertiary/aromatic N) is 1. The molecule has 2 aromatic carbocycles. The maximum absolute atomic E-state index is 13.7. The van der Waals surface area contributed by atoms with Crippen molar-refractivity contribution < 1.29 is 28.5 Å². The van der Waals surface area contributed by atoms with Crippen molar-refractivity contribution in [3.05, 3.63) is 58.6 Å². The molecule has 3 aromatic rings. The van der Waals surface area contributed by atoms with E-state index in [0.717, 1.165) is 36.3 Å². The van der Waals surface area contributed by atoms with Gasteiger partial charge in [-0.1, -0.05) is 32.3 Å². The molecule has 0 radical (unpaired) electrons. The number of hydrogen-bond acceptors (Lipinski definition) is 8. The molecule has 0 saturated carbocycles. The maximum Gasteiger partial charge on any atom is 0.338 e. The standard InChI is InChI=1S/C26H29NO6S/c1-5-6-7-8-12-33-26(29)19-10-9-17(25-27-11-13-34-25)14-20(19)23(28)18-15-21(30-2)24(32-4)22(16-18)31-3/h9-11,13-16H,5-8,12H2,1-4H3. The number of aromatic nitrogens is 1. The monoisotopic (exact) mass is 483 g/mol. The van der Waals surface area contributed by atoms with Crippen molar-refractivity contribution in [2.24, 2.45) is 0 Å². The van der Waals surface area contributed by atoms with E-state index in [1.54, 1.807) is 36.5 Å². The number of benzene rings is 2. The fourth-order valence-electron chi connectivity index (χ4n) is 3.55. The minimum Gasteiger partial charge on any atom is -0.493 e. The molecule has 0 unspecified atom stereocenters. The minimum atomic E-state index is -0.530. The number of carbonyl (C=O) groups is 2. The molecular weight excluding hydrogens is 454 g/mol. The van der Waals surface area contributed by atoms with E-state index in [4.69, 9.17) is 18.9 Å². The third-order valence-electron chi connectivity index (χ3n) is 5.32. The molecule has 0 N–H and O–H groups in total. The van der Waals surface area contributed by atoms with Gasteiger partial charge < -0.3 is 18.9 Å². The molecule has 0 fully saturated rings. The number of thiazole rings is 1. The Hall–Kier alpha value is -3.39. The molecule has 180 valence electrons. The second-order valence-corrected chi connectivity index (χ2v) is 8.43. The van der Waals surface area contributed by atoms with E-state index in [2.05, 4.69) is 11.9 Å². The SMILES string of the molecule is CCCCCCOC(=O)c1ccc(-c2nccs2)cc1C(=O)c1cc(OC)c(OC)c(OC)c1. The van der Waals surface area contributed by atoms with Crippen molar-refractivity contribution in [3.8, 4) is 27.8 Å². The summed E-state index contributed by atoms with van der Waals surface area (Å²) in [4.78, 5) is 30.9. The first-order valence-electron chi connectivity index (χ1n) is 11.1. The van der Waals surface area contributed by atoms with E-state index in [0.29, 0.717) is 29.4 Å². The number of rotatable bonds is 12. The average molecular weight is 484 g/mol. The topological polar surface area (TPSA) is 84.0 Å². The lowest BCUT2D eigenvalue weighted by Gasteiger charge is -2.15. The zero-order valence-corrected chi connectivity index (χ0v) is 20.7. The Balaban J connectivity index is 2.01. The van der Waals surface area contributed by atoms with E-state index in [1.807, 2.05) is 5.38 Å². The quantitative estimate of drug-likeness (QED) is 0.183. The van der Waals surface area contributed by atoms with Crippen molar-refractivity contribution in [3.63, 3.8) is 0 Å². The van der Waals surface area contributed by atoms with Gasteiger partial charge in [0, 0.05) is 28.3 Å². The van der Waals surface area contributed by atoms with Crippen molar-refractivity contribution in [2.75, 3.05) is 27.9 Å². The third kappa shape index (κ3) is 5.75. The van der Waals surface area contributed by atoms with Gasteiger partial charge in [-0.25, -0.2) is 9.78 Å². The second-order valence-electron chi connectivity index (χ2n) is 7.54. The highest BCUT2D eigenvalue weighted by Crippen LogP contribution is 2.39. The van der Waals surface area contributed by atoms with Crippen LogP contribution in [0.1, 0.15) is 58.9 Å². The van der Waals surface area contributed by atoms with Crippen LogP contribution in [0.5, 0.6) is 17.2 Å². The van der Waals surface area contributed by atoms with Gasteiger partial charge in [0.05, 0.1) is 33.5 Å².